The summed E-state index contributed by atoms with van der Waals surface area (Å²) in [5.41, 5.74) is 0. The molecule has 0 aromatic heterocycles. The van der Waals surface area contributed by atoms with Crippen LogP contribution >= 0.6 is 0 Å². The molecule has 0 radical (unpaired) electrons. The van der Waals surface area contributed by atoms with E-state index in [1.807, 2.05) is 23.9 Å². The maximum Gasteiger partial charge on any atom is 0.236 e. The van der Waals surface area contributed by atoms with Gasteiger partial charge in [-0.05, 0) is 14.1 Å². The minimum absolute atomic E-state index is 0.261. The summed E-state index contributed by atoms with van der Waals surface area (Å²) in [5.74, 6) is 0.261. The number of amides is 1. The van der Waals surface area contributed by atoms with Crippen molar-refractivity contribution in [3.05, 3.63) is 0 Å². The molecule has 0 saturated carbocycles. The van der Waals surface area contributed by atoms with Crippen LogP contribution in [-0.2, 0) is 4.79 Å². The fourth-order valence-electron chi connectivity index (χ4n) is 2.24. The van der Waals surface area contributed by atoms with E-state index in [0.29, 0.717) is 12.6 Å². The highest BCUT2D eigenvalue weighted by Gasteiger charge is 2.28. The Balaban J connectivity index is 1.73. The lowest BCUT2D eigenvalue weighted by Crippen LogP contribution is -2.62. The normalized spacial score (nSPS) is 23.6. The molecule has 92 valence electrons. The van der Waals surface area contributed by atoms with Crippen molar-refractivity contribution in [1.29, 1.82) is 0 Å². The van der Waals surface area contributed by atoms with Gasteiger partial charge in [0.1, 0.15) is 0 Å². The van der Waals surface area contributed by atoms with Gasteiger partial charge in [-0.2, -0.15) is 0 Å². The predicted octanol–water partition coefficient (Wildman–Crippen LogP) is -1.34. The lowest BCUT2D eigenvalue weighted by Gasteiger charge is -2.43. The first-order valence-corrected chi connectivity index (χ1v) is 6.04. The number of piperazine rings is 1. The molecule has 0 unspecified atom stereocenters. The summed E-state index contributed by atoms with van der Waals surface area (Å²) in [6, 6.07) is 0.714. The van der Waals surface area contributed by atoms with E-state index in [2.05, 4.69) is 10.2 Å². The molecular formula is C11H22N4O. The molecule has 0 bridgehead atoms. The molecule has 2 saturated heterocycles. The van der Waals surface area contributed by atoms with Crippen LogP contribution in [0, 0.1) is 0 Å². The van der Waals surface area contributed by atoms with Gasteiger partial charge in [-0.3, -0.25) is 9.69 Å². The monoisotopic (exact) mass is 226 g/mol. The van der Waals surface area contributed by atoms with E-state index in [0.717, 1.165) is 39.3 Å². The standard InChI is InChI=1S/C11H22N4O/c1-13(2)9-11(16)15-5-3-14(4-6-15)10-7-12-8-10/h10,12H,3-9H2,1-2H3. The Morgan fingerprint density at radius 2 is 1.88 bits per heavy atom. The van der Waals surface area contributed by atoms with Gasteiger partial charge >= 0.3 is 0 Å². The van der Waals surface area contributed by atoms with Crippen LogP contribution in [0.1, 0.15) is 0 Å². The molecule has 2 aliphatic rings. The Morgan fingerprint density at radius 3 is 2.31 bits per heavy atom. The van der Waals surface area contributed by atoms with Gasteiger partial charge in [0.2, 0.25) is 5.91 Å². The molecule has 16 heavy (non-hydrogen) atoms. The number of carbonyl (C=O) groups is 1. The first kappa shape index (κ1) is 11.8. The maximum atomic E-state index is 11.8. The lowest BCUT2D eigenvalue weighted by molar-refractivity contribution is -0.134. The Hall–Kier alpha value is -0.650. The van der Waals surface area contributed by atoms with Crippen LogP contribution in [0.25, 0.3) is 0 Å². The molecule has 2 aliphatic heterocycles. The highest BCUT2D eigenvalue weighted by molar-refractivity contribution is 5.78. The molecule has 1 amide bonds. The average molecular weight is 226 g/mol. The van der Waals surface area contributed by atoms with Gasteiger partial charge in [0.15, 0.2) is 0 Å². The Bertz CT molecular complexity index is 244. The molecule has 2 heterocycles. The summed E-state index contributed by atoms with van der Waals surface area (Å²) >= 11 is 0. The van der Waals surface area contributed by atoms with Crippen molar-refractivity contribution in [1.82, 2.24) is 20.0 Å². The van der Waals surface area contributed by atoms with E-state index in [9.17, 15) is 4.79 Å². The zero-order valence-corrected chi connectivity index (χ0v) is 10.3. The van der Waals surface area contributed by atoms with Crippen LogP contribution in [0.3, 0.4) is 0 Å². The Morgan fingerprint density at radius 1 is 1.25 bits per heavy atom. The van der Waals surface area contributed by atoms with Crippen LogP contribution in [-0.4, -0.2) is 86.6 Å². The van der Waals surface area contributed by atoms with E-state index >= 15 is 0 Å². The van der Waals surface area contributed by atoms with Gasteiger partial charge in [0.05, 0.1) is 6.54 Å². The number of hydrogen-bond acceptors (Lipinski definition) is 4. The summed E-state index contributed by atoms with van der Waals surface area (Å²) in [7, 11) is 3.88. The van der Waals surface area contributed by atoms with Crippen LogP contribution in [0.5, 0.6) is 0 Å². The average Bonchev–Trinajstić information content (AvgIpc) is 2.15. The fourth-order valence-corrected chi connectivity index (χ4v) is 2.24. The van der Waals surface area contributed by atoms with Gasteiger partial charge in [-0.15, -0.1) is 0 Å². The molecule has 5 nitrogen and oxygen atoms in total. The third kappa shape index (κ3) is 2.72. The third-order valence-corrected chi connectivity index (χ3v) is 3.39. The molecule has 0 aromatic rings. The summed E-state index contributed by atoms with van der Waals surface area (Å²) in [5, 5.41) is 3.29. The van der Waals surface area contributed by atoms with E-state index in [1.54, 1.807) is 0 Å². The van der Waals surface area contributed by atoms with Crippen LogP contribution in [0.15, 0.2) is 0 Å². The van der Waals surface area contributed by atoms with Gasteiger partial charge in [-0.25, -0.2) is 0 Å². The highest BCUT2D eigenvalue weighted by atomic mass is 16.2. The fraction of sp³-hybridized carbons (Fsp3) is 0.909. The lowest BCUT2D eigenvalue weighted by atomic mass is 10.1. The minimum Gasteiger partial charge on any atom is -0.339 e. The van der Waals surface area contributed by atoms with Crippen LogP contribution in [0.4, 0.5) is 0 Å². The number of rotatable bonds is 3. The number of hydrogen-bond donors (Lipinski definition) is 1. The second-order valence-electron chi connectivity index (χ2n) is 4.97. The molecular weight excluding hydrogens is 204 g/mol. The van der Waals surface area contributed by atoms with Gasteiger partial charge < -0.3 is 15.1 Å². The van der Waals surface area contributed by atoms with Crippen molar-refractivity contribution in [2.24, 2.45) is 0 Å². The number of likely N-dealkylation sites (N-methyl/N-ethyl adjacent to an activating group) is 1. The van der Waals surface area contributed by atoms with E-state index < -0.39 is 0 Å². The molecule has 0 aliphatic carbocycles. The van der Waals surface area contributed by atoms with Crippen molar-refractivity contribution < 1.29 is 4.79 Å². The summed E-state index contributed by atoms with van der Waals surface area (Å²) in [6.45, 7) is 6.62. The third-order valence-electron chi connectivity index (χ3n) is 3.39. The second-order valence-corrected chi connectivity index (χ2v) is 4.97. The van der Waals surface area contributed by atoms with Gasteiger partial charge in [-0.1, -0.05) is 0 Å². The zero-order valence-electron chi connectivity index (χ0n) is 10.3. The van der Waals surface area contributed by atoms with Gasteiger partial charge in [0, 0.05) is 45.3 Å². The molecule has 0 atom stereocenters. The predicted molar refractivity (Wildman–Crippen MR) is 63.4 cm³/mol. The van der Waals surface area contributed by atoms with Crippen molar-refractivity contribution in [2.75, 3.05) is 59.9 Å². The molecule has 5 heteroatoms. The van der Waals surface area contributed by atoms with E-state index in [-0.39, 0.29) is 5.91 Å². The number of carbonyl (C=O) groups excluding carboxylic acids is 1. The second kappa shape index (κ2) is 5.12. The molecule has 2 rings (SSSR count). The largest absolute Gasteiger partial charge is 0.339 e. The van der Waals surface area contributed by atoms with E-state index in [1.165, 1.54) is 0 Å². The molecule has 2 fully saturated rings. The number of nitrogens with one attached hydrogen (secondary N) is 1. The van der Waals surface area contributed by atoms with E-state index in [4.69, 9.17) is 0 Å². The SMILES string of the molecule is CN(C)CC(=O)N1CCN(C2CNC2)CC1. The van der Waals surface area contributed by atoms with Crippen LogP contribution in [0.2, 0.25) is 0 Å². The Kier molecular flexibility index (Phi) is 3.78. The van der Waals surface area contributed by atoms with Crippen molar-refractivity contribution in [3.8, 4) is 0 Å². The zero-order chi connectivity index (χ0) is 11.5. The van der Waals surface area contributed by atoms with Crippen molar-refractivity contribution in [2.45, 2.75) is 6.04 Å². The smallest absolute Gasteiger partial charge is 0.236 e. The van der Waals surface area contributed by atoms with Gasteiger partial charge in [0.25, 0.3) is 0 Å². The molecule has 0 spiro atoms. The first-order valence-electron chi connectivity index (χ1n) is 6.04. The molecule has 1 N–H and O–H groups in total. The topological polar surface area (TPSA) is 38.8 Å². The minimum atomic E-state index is 0.261. The summed E-state index contributed by atoms with van der Waals surface area (Å²) in [4.78, 5) is 18.2. The summed E-state index contributed by atoms with van der Waals surface area (Å²) < 4.78 is 0. The molecule has 0 aromatic carbocycles. The highest BCUT2D eigenvalue weighted by Crippen LogP contribution is 2.09. The van der Waals surface area contributed by atoms with Crippen LogP contribution < -0.4 is 5.32 Å². The summed E-state index contributed by atoms with van der Waals surface area (Å²) in [6.07, 6.45) is 0. The van der Waals surface area contributed by atoms with Crippen molar-refractivity contribution in [3.63, 3.8) is 0 Å². The quantitative estimate of drug-likeness (QED) is 0.647. The maximum absolute atomic E-state index is 11.8. The first-order chi connectivity index (χ1) is 7.66. The Labute approximate surface area is 97.4 Å². The number of nitrogens with zero attached hydrogens (tertiary/aromatic N) is 3. The van der Waals surface area contributed by atoms with Crippen molar-refractivity contribution >= 4 is 5.91 Å².